The lowest BCUT2D eigenvalue weighted by Crippen LogP contribution is -2.31. The highest BCUT2D eigenvalue weighted by Crippen LogP contribution is 2.24. The van der Waals surface area contributed by atoms with Crippen LogP contribution in [0.25, 0.3) is 0 Å². The number of hydrogen-bond donors (Lipinski definition) is 1. The Bertz CT molecular complexity index is 418. The van der Waals surface area contributed by atoms with Crippen molar-refractivity contribution in [3.63, 3.8) is 0 Å². The summed E-state index contributed by atoms with van der Waals surface area (Å²) in [5.41, 5.74) is 3.34. The highest BCUT2D eigenvalue weighted by Gasteiger charge is 2.11. The lowest BCUT2D eigenvalue weighted by molar-refractivity contribution is 0.316. The van der Waals surface area contributed by atoms with E-state index in [1.807, 2.05) is 13.1 Å². The van der Waals surface area contributed by atoms with Crippen LogP contribution in [0.4, 0.5) is 0 Å². The molecule has 1 aromatic rings. The van der Waals surface area contributed by atoms with E-state index in [2.05, 4.69) is 43.0 Å². The summed E-state index contributed by atoms with van der Waals surface area (Å²) in [5.74, 6) is 1.66. The number of aromatic nitrogens is 1. The van der Waals surface area contributed by atoms with Crippen LogP contribution >= 0.6 is 0 Å². The van der Waals surface area contributed by atoms with Crippen LogP contribution in [0.5, 0.6) is 5.75 Å². The van der Waals surface area contributed by atoms with Crippen LogP contribution in [0.15, 0.2) is 6.20 Å². The van der Waals surface area contributed by atoms with E-state index in [-0.39, 0.29) is 0 Å². The summed E-state index contributed by atoms with van der Waals surface area (Å²) in [6.45, 7) is 12.5. The third kappa shape index (κ3) is 5.10. The average Bonchev–Trinajstić information content (AvgIpc) is 2.38. The van der Waals surface area contributed by atoms with Crippen LogP contribution in [0.2, 0.25) is 0 Å². The second kappa shape index (κ2) is 8.22. The smallest absolute Gasteiger partial charge is 0.128 e. The fraction of sp³-hybridized carbons (Fsp3) is 0.688. The first-order valence-corrected chi connectivity index (χ1v) is 7.34. The number of likely N-dealkylation sites (N-methyl/N-ethyl adjacent to an activating group) is 1. The average molecular weight is 279 g/mol. The number of methoxy groups -OCH3 is 1. The first-order chi connectivity index (χ1) is 9.45. The minimum Gasteiger partial charge on any atom is -0.496 e. The Hall–Kier alpha value is -1.13. The molecule has 1 heterocycles. The minimum absolute atomic E-state index is 0.700. The summed E-state index contributed by atoms with van der Waals surface area (Å²) >= 11 is 0. The predicted molar refractivity (Wildman–Crippen MR) is 84.3 cm³/mol. The van der Waals surface area contributed by atoms with Gasteiger partial charge in [-0.2, -0.15) is 0 Å². The Kier molecular flexibility index (Phi) is 6.96. The van der Waals surface area contributed by atoms with Gasteiger partial charge in [0.05, 0.1) is 12.8 Å². The molecule has 0 spiro atoms. The molecule has 1 aromatic heterocycles. The number of hydrogen-bond acceptors (Lipinski definition) is 4. The number of rotatable bonds is 8. The van der Waals surface area contributed by atoms with E-state index >= 15 is 0 Å². The summed E-state index contributed by atoms with van der Waals surface area (Å²) in [4.78, 5) is 6.83. The zero-order valence-electron chi connectivity index (χ0n) is 13.8. The Morgan fingerprint density at radius 2 is 2.05 bits per heavy atom. The van der Waals surface area contributed by atoms with Crippen molar-refractivity contribution < 1.29 is 4.74 Å². The monoisotopic (exact) mass is 279 g/mol. The van der Waals surface area contributed by atoms with Crippen LogP contribution in [0.3, 0.4) is 0 Å². The maximum Gasteiger partial charge on any atom is 0.128 e. The Morgan fingerprint density at radius 1 is 1.35 bits per heavy atom. The van der Waals surface area contributed by atoms with Gasteiger partial charge in [0.1, 0.15) is 5.75 Å². The molecule has 0 amide bonds. The van der Waals surface area contributed by atoms with Crippen LogP contribution in [-0.2, 0) is 6.54 Å². The van der Waals surface area contributed by atoms with Crippen molar-refractivity contribution >= 4 is 0 Å². The molecule has 0 aliphatic carbocycles. The number of nitrogens with zero attached hydrogens (tertiary/aromatic N) is 2. The maximum absolute atomic E-state index is 5.45. The number of nitrogens with one attached hydrogen (secondary N) is 1. The van der Waals surface area contributed by atoms with Gasteiger partial charge in [-0.05, 0) is 33.4 Å². The predicted octanol–water partition coefficient (Wildman–Crippen LogP) is 2.38. The number of aryl methyl sites for hydroxylation is 1. The van der Waals surface area contributed by atoms with Crippen molar-refractivity contribution in [2.45, 2.75) is 34.2 Å². The van der Waals surface area contributed by atoms with E-state index in [1.165, 1.54) is 0 Å². The third-order valence-corrected chi connectivity index (χ3v) is 3.39. The first kappa shape index (κ1) is 16.9. The van der Waals surface area contributed by atoms with Gasteiger partial charge >= 0.3 is 0 Å². The van der Waals surface area contributed by atoms with Crippen LogP contribution < -0.4 is 10.1 Å². The highest BCUT2D eigenvalue weighted by atomic mass is 16.5. The Labute approximate surface area is 123 Å². The molecule has 0 radical (unpaired) electrons. The standard InChI is InChI=1S/C16H29N3O/c1-12(2)9-17-7-8-19(5)11-15-14(4)16(20-6)13(3)10-18-15/h10,12,17H,7-9,11H2,1-6H3. The molecule has 0 aromatic carbocycles. The van der Waals surface area contributed by atoms with Crippen molar-refractivity contribution in [2.75, 3.05) is 33.8 Å². The SMILES string of the molecule is COc1c(C)cnc(CN(C)CCNCC(C)C)c1C. The molecular weight excluding hydrogens is 250 g/mol. The minimum atomic E-state index is 0.700. The van der Waals surface area contributed by atoms with Gasteiger partial charge in [0, 0.05) is 37.0 Å². The van der Waals surface area contributed by atoms with Gasteiger partial charge < -0.3 is 10.1 Å². The molecule has 0 aliphatic rings. The molecule has 0 saturated heterocycles. The zero-order chi connectivity index (χ0) is 15.1. The van der Waals surface area contributed by atoms with Crippen molar-refractivity contribution in [1.82, 2.24) is 15.2 Å². The van der Waals surface area contributed by atoms with Gasteiger partial charge in [-0.25, -0.2) is 0 Å². The molecule has 0 fully saturated rings. The summed E-state index contributed by atoms with van der Waals surface area (Å²) in [6.07, 6.45) is 1.89. The maximum atomic E-state index is 5.45. The molecule has 1 rings (SSSR count). The van der Waals surface area contributed by atoms with Gasteiger partial charge in [0.25, 0.3) is 0 Å². The van der Waals surface area contributed by atoms with E-state index in [0.717, 1.165) is 48.7 Å². The van der Waals surface area contributed by atoms with Crippen molar-refractivity contribution in [3.05, 3.63) is 23.0 Å². The Balaban J connectivity index is 2.52. The number of ether oxygens (including phenoxy) is 1. The largest absolute Gasteiger partial charge is 0.496 e. The van der Waals surface area contributed by atoms with Crippen LogP contribution in [-0.4, -0.2) is 43.7 Å². The summed E-state index contributed by atoms with van der Waals surface area (Å²) in [6, 6.07) is 0. The molecule has 4 heteroatoms. The Morgan fingerprint density at radius 3 is 2.65 bits per heavy atom. The molecule has 0 aliphatic heterocycles. The van der Waals surface area contributed by atoms with E-state index in [1.54, 1.807) is 7.11 Å². The van der Waals surface area contributed by atoms with Gasteiger partial charge in [0.15, 0.2) is 0 Å². The van der Waals surface area contributed by atoms with Gasteiger partial charge in [-0.1, -0.05) is 13.8 Å². The van der Waals surface area contributed by atoms with Crippen molar-refractivity contribution in [1.29, 1.82) is 0 Å². The fourth-order valence-electron chi connectivity index (χ4n) is 2.23. The van der Waals surface area contributed by atoms with Crippen molar-refractivity contribution in [3.8, 4) is 5.75 Å². The van der Waals surface area contributed by atoms with Gasteiger partial charge in [-0.15, -0.1) is 0 Å². The molecule has 114 valence electrons. The molecule has 0 atom stereocenters. The molecule has 20 heavy (non-hydrogen) atoms. The van der Waals surface area contributed by atoms with E-state index in [4.69, 9.17) is 4.74 Å². The fourth-order valence-corrected chi connectivity index (χ4v) is 2.23. The van der Waals surface area contributed by atoms with Crippen LogP contribution in [0.1, 0.15) is 30.7 Å². The van der Waals surface area contributed by atoms with Gasteiger partial charge in [0.2, 0.25) is 0 Å². The molecule has 4 nitrogen and oxygen atoms in total. The molecular formula is C16H29N3O. The third-order valence-electron chi connectivity index (χ3n) is 3.39. The van der Waals surface area contributed by atoms with Crippen molar-refractivity contribution in [2.24, 2.45) is 5.92 Å². The van der Waals surface area contributed by atoms with E-state index in [9.17, 15) is 0 Å². The zero-order valence-corrected chi connectivity index (χ0v) is 13.8. The van der Waals surface area contributed by atoms with E-state index in [0.29, 0.717) is 5.92 Å². The molecule has 0 bridgehead atoms. The summed E-state index contributed by atoms with van der Waals surface area (Å²) in [5, 5.41) is 3.46. The molecule has 0 unspecified atom stereocenters. The second-order valence-corrected chi connectivity index (χ2v) is 5.88. The van der Waals surface area contributed by atoms with E-state index < -0.39 is 0 Å². The van der Waals surface area contributed by atoms with Crippen LogP contribution in [0, 0.1) is 19.8 Å². The highest BCUT2D eigenvalue weighted by molar-refractivity contribution is 5.40. The topological polar surface area (TPSA) is 37.4 Å². The summed E-state index contributed by atoms with van der Waals surface area (Å²) < 4.78 is 5.45. The number of pyridine rings is 1. The first-order valence-electron chi connectivity index (χ1n) is 7.34. The molecule has 1 N–H and O–H groups in total. The lowest BCUT2D eigenvalue weighted by Gasteiger charge is -2.19. The lowest BCUT2D eigenvalue weighted by atomic mass is 10.1. The van der Waals surface area contributed by atoms with Gasteiger partial charge in [-0.3, -0.25) is 9.88 Å². The quantitative estimate of drug-likeness (QED) is 0.741. The normalized spacial score (nSPS) is 11.4. The molecule has 0 saturated carbocycles. The second-order valence-electron chi connectivity index (χ2n) is 5.88. The summed E-state index contributed by atoms with van der Waals surface area (Å²) in [7, 11) is 3.85.